The summed E-state index contributed by atoms with van der Waals surface area (Å²) in [5, 5.41) is 7.19. The van der Waals surface area contributed by atoms with Gasteiger partial charge in [0.15, 0.2) is 0 Å². The number of hydrogen-bond acceptors (Lipinski definition) is 4. The van der Waals surface area contributed by atoms with Gasteiger partial charge < -0.3 is 5.32 Å². The zero-order chi connectivity index (χ0) is 26.9. The molecule has 6 nitrogen and oxygen atoms in total. The Labute approximate surface area is 216 Å². The van der Waals surface area contributed by atoms with Gasteiger partial charge in [-0.2, -0.15) is 18.3 Å². The zero-order valence-corrected chi connectivity index (χ0v) is 20.5. The maximum Gasteiger partial charge on any atom is 0.416 e. The minimum Gasteiger partial charge on any atom is -0.322 e. The van der Waals surface area contributed by atoms with Gasteiger partial charge in [-0.3, -0.25) is 14.8 Å². The summed E-state index contributed by atoms with van der Waals surface area (Å²) in [6, 6.07) is 14.6. The number of aromatic nitrogens is 4. The summed E-state index contributed by atoms with van der Waals surface area (Å²) >= 11 is 0. The normalized spacial score (nSPS) is 11.4. The minimum absolute atomic E-state index is 0.0580. The van der Waals surface area contributed by atoms with Gasteiger partial charge in [0.05, 0.1) is 17.4 Å². The number of hydrogen-bond donors (Lipinski definition) is 1. The largest absolute Gasteiger partial charge is 0.416 e. The monoisotopic (exact) mass is 513 g/mol. The summed E-state index contributed by atoms with van der Waals surface area (Å²) in [5.74, 6) is -0.634. The molecule has 0 bridgehead atoms. The van der Waals surface area contributed by atoms with Gasteiger partial charge in [0.2, 0.25) is 0 Å². The van der Waals surface area contributed by atoms with Crippen LogP contribution in [0.25, 0.3) is 27.9 Å². The lowest BCUT2D eigenvalue weighted by molar-refractivity contribution is -0.138. The lowest BCUT2D eigenvalue weighted by Crippen LogP contribution is -2.15. The van der Waals surface area contributed by atoms with E-state index in [1.807, 2.05) is 37.4 Å². The van der Waals surface area contributed by atoms with Gasteiger partial charge in [-0.1, -0.05) is 12.1 Å². The van der Waals surface area contributed by atoms with Crippen LogP contribution in [0, 0.1) is 13.8 Å². The third-order valence-corrected chi connectivity index (χ3v) is 6.19. The molecule has 0 aliphatic carbocycles. The van der Waals surface area contributed by atoms with Crippen LogP contribution in [0.4, 0.5) is 18.9 Å². The molecule has 3 heterocycles. The van der Waals surface area contributed by atoms with E-state index in [1.54, 1.807) is 47.8 Å². The number of nitrogens with one attached hydrogen (secondary N) is 1. The highest BCUT2D eigenvalue weighted by Gasteiger charge is 2.33. The molecule has 0 aliphatic rings. The molecule has 1 amide bonds. The Kier molecular flexibility index (Phi) is 6.50. The number of aryl methyl sites for hydroxylation is 2. The van der Waals surface area contributed by atoms with Gasteiger partial charge in [-0.05, 0) is 73.0 Å². The molecule has 0 atom stereocenters. The Bertz CT molecular complexity index is 1630. The summed E-state index contributed by atoms with van der Waals surface area (Å²) < 4.78 is 41.6. The number of alkyl halides is 3. The van der Waals surface area contributed by atoms with Gasteiger partial charge in [-0.25, -0.2) is 4.68 Å². The number of benzene rings is 2. The minimum atomic E-state index is -4.54. The van der Waals surface area contributed by atoms with Crippen LogP contribution in [0.1, 0.15) is 27.0 Å². The fourth-order valence-corrected chi connectivity index (χ4v) is 4.11. The Morgan fingerprint density at radius 3 is 2.24 bits per heavy atom. The van der Waals surface area contributed by atoms with Crippen LogP contribution in [-0.4, -0.2) is 25.7 Å². The van der Waals surface area contributed by atoms with Crippen LogP contribution in [0.15, 0.2) is 91.8 Å². The molecule has 0 aliphatic heterocycles. The average Bonchev–Trinajstić information content (AvgIpc) is 3.40. The number of pyridine rings is 2. The Balaban J connectivity index is 1.40. The summed E-state index contributed by atoms with van der Waals surface area (Å²) in [6.45, 7) is 3.27. The predicted octanol–water partition coefficient (Wildman–Crippen LogP) is 6.88. The highest BCUT2D eigenvalue weighted by Crippen LogP contribution is 2.33. The highest BCUT2D eigenvalue weighted by atomic mass is 19.4. The van der Waals surface area contributed by atoms with E-state index in [9.17, 15) is 18.0 Å². The highest BCUT2D eigenvalue weighted by molar-refractivity contribution is 6.04. The van der Waals surface area contributed by atoms with E-state index in [0.717, 1.165) is 33.9 Å². The van der Waals surface area contributed by atoms with E-state index < -0.39 is 17.6 Å². The molecule has 3 aromatic heterocycles. The molecule has 0 radical (unpaired) electrons. The lowest BCUT2D eigenvalue weighted by Gasteiger charge is -2.13. The molecule has 0 saturated carbocycles. The van der Waals surface area contributed by atoms with E-state index in [-0.39, 0.29) is 11.1 Å². The van der Waals surface area contributed by atoms with Crippen molar-refractivity contribution in [2.24, 2.45) is 0 Å². The SMILES string of the molecule is Cc1ccc(NC(=O)c2ccc(C)c(C(F)(F)F)c2)cc1-n1cc(-c2cncc(-c3ccncc3)c2)cn1. The van der Waals surface area contributed by atoms with Crippen LogP contribution in [-0.2, 0) is 6.18 Å². The lowest BCUT2D eigenvalue weighted by atomic mass is 10.0. The van der Waals surface area contributed by atoms with Crippen molar-refractivity contribution in [1.82, 2.24) is 19.7 Å². The molecular formula is C29H22F3N5O. The smallest absolute Gasteiger partial charge is 0.322 e. The van der Waals surface area contributed by atoms with Crippen molar-refractivity contribution >= 4 is 11.6 Å². The van der Waals surface area contributed by atoms with Gasteiger partial charge in [-0.15, -0.1) is 0 Å². The van der Waals surface area contributed by atoms with Crippen molar-refractivity contribution in [3.63, 3.8) is 0 Å². The Hall–Kier alpha value is -4.79. The van der Waals surface area contributed by atoms with Crippen LogP contribution < -0.4 is 5.32 Å². The molecule has 0 saturated heterocycles. The number of carbonyl (C=O) groups is 1. The summed E-state index contributed by atoms with van der Waals surface area (Å²) in [4.78, 5) is 21.2. The van der Waals surface area contributed by atoms with E-state index in [2.05, 4.69) is 20.4 Å². The van der Waals surface area contributed by atoms with Gasteiger partial charge in [0.1, 0.15) is 0 Å². The molecule has 0 spiro atoms. The Morgan fingerprint density at radius 2 is 1.50 bits per heavy atom. The number of halogens is 3. The van der Waals surface area contributed by atoms with Crippen molar-refractivity contribution in [1.29, 1.82) is 0 Å². The molecule has 0 unspecified atom stereocenters. The predicted molar refractivity (Wildman–Crippen MR) is 139 cm³/mol. The van der Waals surface area contributed by atoms with Crippen LogP contribution in [0.2, 0.25) is 0 Å². The van der Waals surface area contributed by atoms with Crippen molar-refractivity contribution in [2.75, 3.05) is 5.32 Å². The van der Waals surface area contributed by atoms with E-state index in [4.69, 9.17) is 0 Å². The van der Waals surface area contributed by atoms with Crippen molar-refractivity contribution in [2.45, 2.75) is 20.0 Å². The zero-order valence-electron chi connectivity index (χ0n) is 20.5. The second kappa shape index (κ2) is 9.93. The van der Waals surface area contributed by atoms with E-state index in [1.165, 1.54) is 19.1 Å². The number of carbonyl (C=O) groups excluding carboxylic acids is 1. The number of rotatable bonds is 5. The van der Waals surface area contributed by atoms with Gasteiger partial charge >= 0.3 is 6.18 Å². The second-order valence-corrected chi connectivity index (χ2v) is 8.85. The number of anilines is 1. The Morgan fingerprint density at radius 1 is 0.789 bits per heavy atom. The summed E-state index contributed by atoms with van der Waals surface area (Å²) in [5.41, 5.74) is 4.87. The van der Waals surface area contributed by atoms with Gasteiger partial charge in [0.25, 0.3) is 5.91 Å². The number of nitrogens with zero attached hydrogens (tertiary/aromatic N) is 4. The second-order valence-electron chi connectivity index (χ2n) is 8.85. The fourth-order valence-electron chi connectivity index (χ4n) is 4.11. The average molecular weight is 514 g/mol. The first-order valence-electron chi connectivity index (χ1n) is 11.7. The van der Waals surface area contributed by atoms with Gasteiger partial charge in [0, 0.05) is 58.9 Å². The standard InChI is InChI=1S/C29H22F3N5O/c1-18-3-5-21(12-26(18)29(30,31)32)28(38)36-25-6-4-19(2)27(13-25)37-17-24(16-35-37)23-11-22(14-34-15-23)20-7-9-33-10-8-20/h3-17H,1-2H3,(H,36,38). The first kappa shape index (κ1) is 24.9. The first-order valence-corrected chi connectivity index (χ1v) is 11.7. The molecule has 0 fully saturated rings. The van der Waals surface area contributed by atoms with E-state index >= 15 is 0 Å². The van der Waals surface area contributed by atoms with Crippen LogP contribution in [0.5, 0.6) is 0 Å². The number of amides is 1. The van der Waals surface area contributed by atoms with Crippen LogP contribution in [0.3, 0.4) is 0 Å². The van der Waals surface area contributed by atoms with Crippen molar-refractivity contribution < 1.29 is 18.0 Å². The quantitative estimate of drug-likeness (QED) is 0.278. The maximum absolute atomic E-state index is 13.3. The third kappa shape index (κ3) is 5.17. The summed E-state index contributed by atoms with van der Waals surface area (Å²) in [7, 11) is 0. The first-order chi connectivity index (χ1) is 18.2. The van der Waals surface area contributed by atoms with Crippen molar-refractivity contribution in [3.8, 4) is 27.9 Å². The third-order valence-electron chi connectivity index (χ3n) is 6.19. The summed E-state index contributed by atoms with van der Waals surface area (Å²) in [6.07, 6.45) is 6.03. The molecule has 190 valence electrons. The molecule has 9 heteroatoms. The van der Waals surface area contributed by atoms with Crippen LogP contribution >= 0.6 is 0 Å². The maximum atomic E-state index is 13.3. The fraction of sp³-hybridized carbons (Fsp3) is 0.103. The molecule has 5 aromatic rings. The molecular weight excluding hydrogens is 491 g/mol. The van der Waals surface area contributed by atoms with Crippen molar-refractivity contribution in [3.05, 3.63) is 114 Å². The molecule has 1 N–H and O–H groups in total. The van der Waals surface area contributed by atoms with E-state index in [0.29, 0.717) is 11.4 Å². The molecule has 5 rings (SSSR count). The molecule has 38 heavy (non-hydrogen) atoms. The molecule has 2 aromatic carbocycles. The topological polar surface area (TPSA) is 72.7 Å².